The Morgan fingerprint density at radius 2 is 1.74 bits per heavy atom. The average molecular weight is 569 g/mol. The number of halogens is 2. The van der Waals surface area contributed by atoms with Gasteiger partial charge in [-0.05, 0) is 44.2 Å². The molecule has 10 heteroatoms. The number of hydrogen-bond acceptors (Lipinski definition) is 5. The molecule has 3 aliphatic rings. The Labute approximate surface area is 238 Å². The van der Waals surface area contributed by atoms with Crippen LogP contribution in [0.25, 0.3) is 11.0 Å². The number of rotatable bonds is 7. The fourth-order valence-corrected chi connectivity index (χ4v) is 6.56. The van der Waals surface area contributed by atoms with Gasteiger partial charge < -0.3 is 19.9 Å². The summed E-state index contributed by atoms with van der Waals surface area (Å²) in [7, 11) is 2.05. The number of nitrogens with one attached hydrogen (secondary N) is 1. The molecule has 1 saturated carbocycles. The molecule has 38 heavy (non-hydrogen) atoms. The maximum absolute atomic E-state index is 13.8. The molecule has 0 unspecified atom stereocenters. The van der Waals surface area contributed by atoms with Gasteiger partial charge in [0.05, 0.1) is 23.2 Å². The average Bonchev–Trinajstić information content (AvgIpc) is 3.19. The van der Waals surface area contributed by atoms with Crippen LogP contribution in [0.1, 0.15) is 77.0 Å². The first-order valence-electron chi connectivity index (χ1n) is 13.8. The number of aryl methyl sites for hydroxylation is 1. The summed E-state index contributed by atoms with van der Waals surface area (Å²) in [6, 6.07) is 7.53. The maximum atomic E-state index is 13.8. The fraction of sp³-hybridized carbons (Fsp3) is 0.679. The molecule has 0 bridgehead atoms. The number of aliphatic hydroxyl groups is 1. The Kier molecular flexibility index (Phi) is 10.1. The fourth-order valence-electron chi connectivity index (χ4n) is 6.56. The largest absolute Gasteiger partial charge is 0.390 e. The Balaban J connectivity index is 0.00000200. The Morgan fingerprint density at radius 3 is 2.39 bits per heavy atom. The number of fused-ring (bicyclic) bond motifs is 1. The first kappa shape index (κ1) is 30.7. The number of imidazole rings is 1. The van der Waals surface area contributed by atoms with Crippen molar-refractivity contribution in [2.75, 3.05) is 19.6 Å². The van der Waals surface area contributed by atoms with Crippen LogP contribution in [-0.4, -0.2) is 73.1 Å². The molecule has 2 saturated heterocycles. The summed E-state index contributed by atoms with van der Waals surface area (Å²) in [6.45, 7) is 4.91. The van der Waals surface area contributed by atoms with Crippen molar-refractivity contribution in [1.29, 1.82) is 0 Å². The third-order valence-corrected chi connectivity index (χ3v) is 8.84. The van der Waals surface area contributed by atoms with Crippen molar-refractivity contribution >= 4 is 47.7 Å². The normalized spacial score (nSPS) is 23.1. The van der Waals surface area contributed by atoms with E-state index >= 15 is 0 Å². The van der Waals surface area contributed by atoms with Crippen LogP contribution in [0.15, 0.2) is 24.3 Å². The predicted molar refractivity (Wildman–Crippen MR) is 154 cm³/mol. The second-order valence-corrected chi connectivity index (χ2v) is 11.2. The lowest BCUT2D eigenvalue weighted by molar-refractivity contribution is -0.163. The predicted octanol–water partition coefficient (Wildman–Crippen LogP) is 3.96. The van der Waals surface area contributed by atoms with Crippen LogP contribution < -0.4 is 5.32 Å². The number of carbonyl (C=O) groups excluding carboxylic acids is 2. The number of carbonyl (C=O) groups is 2. The molecule has 1 aliphatic carbocycles. The quantitative estimate of drug-likeness (QED) is 0.528. The molecule has 3 fully saturated rings. The monoisotopic (exact) mass is 567 g/mol. The highest BCUT2D eigenvalue weighted by atomic mass is 35.5. The zero-order valence-electron chi connectivity index (χ0n) is 22.7. The Bertz CT molecular complexity index is 1110. The number of likely N-dealkylation sites (tertiary alicyclic amines) is 1. The minimum absolute atomic E-state index is 0. The maximum Gasteiger partial charge on any atom is 0.246 e. The first-order chi connectivity index (χ1) is 17.3. The molecule has 2 aromatic rings. The van der Waals surface area contributed by atoms with Crippen LogP contribution in [-0.2, 0) is 23.2 Å². The Morgan fingerprint density at radius 1 is 1.05 bits per heavy atom. The van der Waals surface area contributed by atoms with Crippen LogP contribution in [0.5, 0.6) is 0 Å². The minimum Gasteiger partial charge on any atom is -0.390 e. The molecule has 1 aromatic carbocycles. The number of piperidine rings is 1. The highest BCUT2D eigenvalue weighted by molar-refractivity contribution is 6.00. The van der Waals surface area contributed by atoms with Crippen LogP contribution in [0.2, 0.25) is 0 Å². The van der Waals surface area contributed by atoms with E-state index < -0.39 is 17.2 Å². The third-order valence-electron chi connectivity index (χ3n) is 8.84. The zero-order valence-corrected chi connectivity index (χ0v) is 24.3. The van der Waals surface area contributed by atoms with Crippen molar-refractivity contribution in [3.63, 3.8) is 0 Å². The molecular weight excluding hydrogens is 525 g/mol. The van der Waals surface area contributed by atoms with Gasteiger partial charge in [-0.3, -0.25) is 14.5 Å². The van der Waals surface area contributed by atoms with E-state index in [1.165, 1.54) is 0 Å². The van der Waals surface area contributed by atoms with Gasteiger partial charge in [-0.25, -0.2) is 4.98 Å². The molecule has 1 atom stereocenters. The van der Waals surface area contributed by atoms with E-state index in [2.05, 4.69) is 34.8 Å². The van der Waals surface area contributed by atoms with E-state index in [0.717, 1.165) is 68.6 Å². The smallest absolute Gasteiger partial charge is 0.246 e. The van der Waals surface area contributed by atoms with Gasteiger partial charge in [0.2, 0.25) is 11.8 Å². The summed E-state index contributed by atoms with van der Waals surface area (Å²) < 4.78 is 2.14. The minimum atomic E-state index is -0.845. The number of piperazine rings is 1. The van der Waals surface area contributed by atoms with Gasteiger partial charge in [-0.1, -0.05) is 44.7 Å². The van der Waals surface area contributed by atoms with Crippen LogP contribution >= 0.6 is 24.8 Å². The van der Waals surface area contributed by atoms with Crippen LogP contribution in [0.3, 0.4) is 0 Å². The number of nitrogens with zero attached hydrogens (tertiary/aromatic N) is 4. The van der Waals surface area contributed by atoms with Gasteiger partial charge >= 0.3 is 0 Å². The standard InChI is InChI=1S/C28H41N5O3.2ClH/c1-3-4-16-33-25(34)22(19-27(36)12-8-5-9-13-27)30-26(35)28(33)14-17-32(18-15-28)20-24-29-21-10-6-7-11-23(21)31(24)2;;/h6-7,10-11,22,36H,3-5,8-9,12-20H2,1-2H3,(H,30,35);2*1H/t22-;;/m1../s1. The second-order valence-electron chi connectivity index (χ2n) is 11.2. The summed E-state index contributed by atoms with van der Waals surface area (Å²) >= 11 is 0. The molecule has 1 spiro atoms. The molecule has 5 rings (SSSR count). The summed E-state index contributed by atoms with van der Waals surface area (Å²) in [4.78, 5) is 36.5. The molecule has 1 aromatic heterocycles. The molecule has 212 valence electrons. The molecule has 2 N–H and O–H groups in total. The second kappa shape index (κ2) is 12.5. The van der Waals surface area contributed by atoms with Crippen molar-refractivity contribution in [1.82, 2.24) is 24.7 Å². The van der Waals surface area contributed by atoms with Gasteiger partial charge in [-0.2, -0.15) is 0 Å². The Hall–Kier alpha value is -1.87. The molecule has 8 nitrogen and oxygen atoms in total. The van der Waals surface area contributed by atoms with Gasteiger partial charge in [0.25, 0.3) is 0 Å². The van der Waals surface area contributed by atoms with E-state index in [1.807, 2.05) is 23.1 Å². The molecule has 3 heterocycles. The van der Waals surface area contributed by atoms with Crippen molar-refractivity contribution < 1.29 is 14.7 Å². The van der Waals surface area contributed by atoms with E-state index in [0.29, 0.717) is 38.6 Å². The lowest BCUT2D eigenvalue weighted by Gasteiger charge is -2.52. The number of para-hydroxylation sites is 2. The van der Waals surface area contributed by atoms with Crippen molar-refractivity contribution in [3.8, 4) is 0 Å². The zero-order chi connectivity index (χ0) is 25.3. The number of benzene rings is 1. The van der Waals surface area contributed by atoms with Gasteiger partial charge in [-0.15, -0.1) is 24.8 Å². The van der Waals surface area contributed by atoms with E-state index in [4.69, 9.17) is 4.98 Å². The highest BCUT2D eigenvalue weighted by Gasteiger charge is 2.54. The van der Waals surface area contributed by atoms with Crippen LogP contribution in [0.4, 0.5) is 0 Å². The van der Waals surface area contributed by atoms with E-state index in [9.17, 15) is 14.7 Å². The number of aromatic nitrogens is 2. The SMILES string of the molecule is CCCCN1C(=O)[C@@H](CC2(O)CCCCC2)NC(=O)C12CCN(Cc1nc3ccccc3n1C)CC2.Cl.Cl. The van der Waals surface area contributed by atoms with Crippen molar-refractivity contribution in [3.05, 3.63) is 30.1 Å². The van der Waals surface area contributed by atoms with E-state index in [-0.39, 0.29) is 36.6 Å². The van der Waals surface area contributed by atoms with Crippen LogP contribution in [0, 0.1) is 0 Å². The molecular formula is C28H43Cl2N5O3. The molecule has 2 amide bonds. The van der Waals surface area contributed by atoms with Gasteiger partial charge in [0.15, 0.2) is 0 Å². The molecule has 2 aliphatic heterocycles. The lowest BCUT2D eigenvalue weighted by atomic mass is 9.77. The number of unbranched alkanes of at least 4 members (excludes halogenated alkanes) is 1. The van der Waals surface area contributed by atoms with Gasteiger partial charge in [0, 0.05) is 33.1 Å². The van der Waals surface area contributed by atoms with Crippen molar-refractivity contribution in [2.45, 2.75) is 94.9 Å². The first-order valence-corrected chi connectivity index (χ1v) is 13.8. The van der Waals surface area contributed by atoms with Crippen molar-refractivity contribution in [2.24, 2.45) is 7.05 Å². The van der Waals surface area contributed by atoms with Gasteiger partial charge in [0.1, 0.15) is 17.4 Å². The summed E-state index contributed by atoms with van der Waals surface area (Å²) in [5, 5.41) is 14.2. The van der Waals surface area contributed by atoms with E-state index in [1.54, 1.807) is 0 Å². The summed E-state index contributed by atoms with van der Waals surface area (Å²) in [5.74, 6) is 0.968. The highest BCUT2D eigenvalue weighted by Crippen LogP contribution is 2.37. The number of hydrogen-bond donors (Lipinski definition) is 2. The third kappa shape index (κ3) is 5.83. The number of amides is 2. The molecule has 0 radical (unpaired) electrons. The summed E-state index contributed by atoms with van der Waals surface area (Å²) in [6.07, 6.45) is 7.93. The lowest BCUT2D eigenvalue weighted by Crippen LogP contribution is -2.73. The topological polar surface area (TPSA) is 90.7 Å². The summed E-state index contributed by atoms with van der Waals surface area (Å²) in [5.41, 5.74) is 0.481.